The Balaban J connectivity index is -0.0000000800. The van der Waals surface area contributed by atoms with Crippen LogP contribution in [0.25, 0.3) is 0 Å². The van der Waals surface area contributed by atoms with Crippen LogP contribution < -0.4 is 14.8 Å². The van der Waals surface area contributed by atoms with Crippen LogP contribution in [-0.2, 0) is 51.7 Å². The maximum absolute atomic E-state index is 8.62. The van der Waals surface area contributed by atoms with Crippen LogP contribution in [0.1, 0.15) is 0 Å². The second kappa shape index (κ2) is 5.70. The second-order valence-corrected chi connectivity index (χ2v) is 2.06. The zero-order chi connectivity index (χ0) is 4.50. The summed E-state index contributed by atoms with van der Waals surface area (Å²) in [5.41, 5.74) is 0. The van der Waals surface area contributed by atoms with Crippen LogP contribution in [0.4, 0.5) is 0 Å². The van der Waals surface area contributed by atoms with Gasteiger partial charge in [0.25, 0.3) is 0 Å². The molecule has 46 valence electrons. The van der Waals surface area contributed by atoms with Gasteiger partial charge in [-0.05, 0) is 0 Å². The van der Waals surface area contributed by atoms with Crippen molar-refractivity contribution < 1.29 is 66.5 Å². The predicted octanol–water partition coefficient (Wildman–Crippen LogP) is -4.76. The van der Waals surface area contributed by atoms with E-state index in [1.807, 2.05) is 0 Å². The molecule has 0 aliphatic carbocycles. The van der Waals surface area contributed by atoms with Gasteiger partial charge >= 0.3 is 66.5 Å². The standard InChI is InChI=1S/2Co.4O.Ti/q2*+2;4*-1;. The van der Waals surface area contributed by atoms with Crippen LogP contribution in [0.3, 0.4) is 0 Å². The Hall–Kier alpha value is 1.57. The first kappa shape index (κ1) is 15.8. The van der Waals surface area contributed by atoms with Gasteiger partial charge in [-0.3, -0.25) is 0 Å². The van der Waals surface area contributed by atoms with Crippen LogP contribution >= 0.6 is 0 Å². The van der Waals surface area contributed by atoms with Crippen molar-refractivity contribution in [3.63, 3.8) is 0 Å². The van der Waals surface area contributed by atoms with Crippen molar-refractivity contribution >= 4 is 0 Å². The molecule has 0 rings (SSSR count). The van der Waals surface area contributed by atoms with Gasteiger partial charge in [-0.25, -0.2) is 0 Å². The van der Waals surface area contributed by atoms with Gasteiger partial charge in [0.15, 0.2) is 0 Å². The Labute approximate surface area is 66.2 Å². The fourth-order valence-electron chi connectivity index (χ4n) is 0. The molecule has 0 heterocycles. The van der Waals surface area contributed by atoms with Gasteiger partial charge in [0.1, 0.15) is 0 Å². The van der Waals surface area contributed by atoms with E-state index in [2.05, 4.69) is 0 Å². The first-order chi connectivity index (χ1) is 2.00. The monoisotopic (exact) mass is 230 g/mol. The fraction of sp³-hybridized carbons (Fsp3) is 0. The first-order valence-corrected chi connectivity index (χ1v) is 3.37. The summed E-state index contributed by atoms with van der Waals surface area (Å²) in [6, 6.07) is 0. The Morgan fingerprint density at radius 1 is 0.714 bits per heavy atom. The molecular weight excluding hydrogens is 230 g/mol. The summed E-state index contributed by atoms with van der Waals surface area (Å²) in [6.07, 6.45) is 0. The van der Waals surface area contributed by atoms with Crippen molar-refractivity contribution in [3.8, 4) is 0 Å². The summed E-state index contributed by atoms with van der Waals surface area (Å²) in [7, 11) is 0. The van der Waals surface area contributed by atoms with Gasteiger partial charge in [0.05, 0.1) is 0 Å². The molecule has 0 aliphatic rings. The van der Waals surface area contributed by atoms with Crippen molar-refractivity contribution in [1.82, 2.24) is 0 Å². The third-order valence-corrected chi connectivity index (χ3v) is 0. The molecule has 0 N–H and O–H groups in total. The summed E-state index contributed by atoms with van der Waals surface area (Å²) < 4.78 is 34.5. The predicted molar refractivity (Wildman–Crippen MR) is 0 cm³/mol. The molecule has 0 aromatic carbocycles. The minimum atomic E-state index is -6.00. The summed E-state index contributed by atoms with van der Waals surface area (Å²) in [4.78, 5) is 0. The van der Waals surface area contributed by atoms with Crippen molar-refractivity contribution in [3.05, 3.63) is 0 Å². The van der Waals surface area contributed by atoms with Gasteiger partial charge in [-0.15, -0.1) is 0 Å². The SMILES string of the molecule is [Co+2].[Co+2].[O-][Ti]([O-])([O-])[O-]. The van der Waals surface area contributed by atoms with Gasteiger partial charge in [-0.2, -0.15) is 0 Å². The molecule has 4 nitrogen and oxygen atoms in total. The molecule has 0 atom stereocenters. The molecule has 7 heteroatoms. The van der Waals surface area contributed by atoms with Gasteiger partial charge in [0.2, 0.25) is 0 Å². The third-order valence-electron chi connectivity index (χ3n) is 0. The van der Waals surface area contributed by atoms with Crippen LogP contribution in [0, 0.1) is 0 Å². The van der Waals surface area contributed by atoms with Crippen LogP contribution in [0.2, 0.25) is 0 Å². The minimum absolute atomic E-state index is 0. The Morgan fingerprint density at radius 3 is 0.714 bits per heavy atom. The molecule has 0 fully saturated rings. The van der Waals surface area contributed by atoms with Crippen molar-refractivity contribution in [1.29, 1.82) is 0 Å². The molecule has 0 saturated heterocycles. The molecule has 7 heavy (non-hydrogen) atoms. The summed E-state index contributed by atoms with van der Waals surface area (Å²) in [6.45, 7) is 0. The average molecular weight is 230 g/mol. The fourth-order valence-corrected chi connectivity index (χ4v) is 0. The van der Waals surface area contributed by atoms with E-state index >= 15 is 0 Å². The number of hydrogen-bond acceptors (Lipinski definition) is 4. The molecule has 0 unspecified atom stereocenters. The summed E-state index contributed by atoms with van der Waals surface area (Å²) in [5, 5.41) is 0. The molecule has 0 amide bonds. The molecule has 0 aromatic rings. The van der Waals surface area contributed by atoms with E-state index in [9.17, 15) is 0 Å². The Bertz CT molecular complexity index is 25.2. The van der Waals surface area contributed by atoms with Crippen LogP contribution in [0.5, 0.6) is 0 Å². The quantitative estimate of drug-likeness (QED) is 0.390. The van der Waals surface area contributed by atoms with Crippen LogP contribution in [0.15, 0.2) is 0 Å². The van der Waals surface area contributed by atoms with Gasteiger partial charge < -0.3 is 0 Å². The van der Waals surface area contributed by atoms with E-state index in [4.69, 9.17) is 14.8 Å². The molecule has 2 radical (unpaired) electrons. The van der Waals surface area contributed by atoms with E-state index in [1.54, 1.807) is 0 Å². The van der Waals surface area contributed by atoms with E-state index in [1.165, 1.54) is 0 Å². The molecule has 0 saturated carbocycles. The van der Waals surface area contributed by atoms with Gasteiger partial charge in [-0.1, -0.05) is 0 Å². The van der Waals surface area contributed by atoms with E-state index in [0.717, 1.165) is 0 Å². The van der Waals surface area contributed by atoms with Gasteiger partial charge in [0, 0.05) is 0 Å². The van der Waals surface area contributed by atoms with Crippen molar-refractivity contribution in [2.24, 2.45) is 0 Å². The molecule has 0 spiro atoms. The topological polar surface area (TPSA) is 92.2 Å². The van der Waals surface area contributed by atoms with Crippen molar-refractivity contribution in [2.75, 3.05) is 0 Å². The van der Waals surface area contributed by atoms with E-state index < -0.39 is 18.1 Å². The molecule has 0 bridgehead atoms. The number of hydrogen-bond donors (Lipinski definition) is 0. The Kier molecular flexibility index (Phi) is 12.9. The second-order valence-electron chi connectivity index (χ2n) is 0.500. The zero-order valence-corrected chi connectivity index (χ0v) is 6.44. The first-order valence-electron chi connectivity index (χ1n) is 0.816. The van der Waals surface area contributed by atoms with Crippen LogP contribution in [-0.4, -0.2) is 0 Å². The van der Waals surface area contributed by atoms with E-state index in [0.29, 0.717) is 0 Å². The summed E-state index contributed by atoms with van der Waals surface area (Å²) in [5.74, 6) is 0. The normalized spacial score (nSPS) is 8.57. The maximum atomic E-state index is 8.62. The zero-order valence-electron chi connectivity index (χ0n) is 2.80. The Morgan fingerprint density at radius 2 is 0.714 bits per heavy atom. The van der Waals surface area contributed by atoms with Crippen molar-refractivity contribution in [2.45, 2.75) is 0 Å². The molecule has 0 aliphatic heterocycles. The third kappa shape index (κ3) is 95.5. The molecule has 0 aromatic heterocycles. The van der Waals surface area contributed by atoms with E-state index in [-0.39, 0.29) is 33.6 Å². The summed E-state index contributed by atoms with van der Waals surface area (Å²) >= 11 is -6.00. The number of rotatable bonds is 0. The molecular formula is Co2O4Ti. The average Bonchev–Trinajstić information content (AvgIpc) is 0.722.